The summed E-state index contributed by atoms with van der Waals surface area (Å²) < 4.78 is 0. The monoisotopic (exact) mass is 440 g/mol. The van der Waals surface area contributed by atoms with Gasteiger partial charge in [-0.1, -0.05) is 62.5 Å². The number of nitrogens with one attached hydrogen (secondary N) is 1. The molecule has 33 heavy (non-hydrogen) atoms. The zero-order valence-corrected chi connectivity index (χ0v) is 20.4. The highest BCUT2D eigenvalue weighted by molar-refractivity contribution is 5.84. The van der Waals surface area contributed by atoms with Crippen LogP contribution in [0.2, 0.25) is 0 Å². The third-order valence-electron chi connectivity index (χ3n) is 6.05. The molecular formula is C29H36N4. The van der Waals surface area contributed by atoms with Crippen LogP contribution in [0.4, 0.5) is 5.82 Å². The number of benzene rings is 2. The predicted octanol–water partition coefficient (Wildman–Crippen LogP) is 5.78. The molecule has 0 bridgehead atoms. The van der Waals surface area contributed by atoms with E-state index in [9.17, 15) is 0 Å². The van der Waals surface area contributed by atoms with E-state index in [1.54, 1.807) is 0 Å². The molecule has 0 amide bonds. The highest BCUT2D eigenvalue weighted by atomic mass is 15.1. The smallest absolute Gasteiger partial charge is 0.131 e. The molecule has 3 N–H and O–H groups in total. The third-order valence-corrected chi connectivity index (χ3v) is 6.05. The van der Waals surface area contributed by atoms with Crippen LogP contribution in [-0.2, 0) is 6.42 Å². The molecule has 1 aromatic heterocycles. The van der Waals surface area contributed by atoms with E-state index in [-0.39, 0.29) is 0 Å². The minimum Gasteiger partial charge on any atom is -0.385 e. The van der Waals surface area contributed by atoms with Crippen LogP contribution in [0.25, 0.3) is 22.5 Å². The molecule has 0 saturated carbocycles. The second-order valence-electron chi connectivity index (χ2n) is 8.69. The number of nitrogens with zero attached hydrogens (tertiary/aromatic N) is 2. The molecule has 0 unspecified atom stereocenters. The average molecular weight is 441 g/mol. The number of rotatable bonds is 10. The van der Waals surface area contributed by atoms with E-state index in [0.717, 1.165) is 65.1 Å². The number of hydrogen-bond donors (Lipinski definition) is 2. The summed E-state index contributed by atoms with van der Waals surface area (Å²) in [5.41, 5.74) is 15.7. The van der Waals surface area contributed by atoms with Gasteiger partial charge in [-0.3, -0.25) is 0 Å². The summed E-state index contributed by atoms with van der Waals surface area (Å²) in [6.45, 7) is 14.7. The first-order chi connectivity index (χ1) is 15.8. The van der Waals surface area contributed by atoms with Crippen LogP contribution >= 0.6 is 0 Å². The fraction of sp³-hybridized carbons (Fsp3) is 0.276. The molecule has 4 heteroatoms. The molecule has 0 spiro atoms. The number of pyridine rings is 1. The fourth-order valence-electron chi connectivity index (χ4n) is 3.99. The Balaban J connectivity index is 1.73. The van der Waals surface area contributed by atoms with Gasteiger partial charge in [0.05, 0.1) is 5.69 Å². The van der Waals surface area contributed by atoms with Crippen molar-refractivity contribution < 1.29 is 0 Å². The van der Waals surface area contributed by atoms with Crippen molar-refractivity contribution in [1.29, 1.82) is 0 Å². The number of anilines is 1. The van der Waals surface area contributed by atoms with Crippen molar-refractivity contribution in [1.82, 2.24) is 15.2 Å². The molecule has 0 fully saturated rings. The van der Waals surface area contributed by atoms with Crippen molar-refractivity contribution >= 4 is 17.1 Å². The summed E-state index contributed by atoms with van der Waals surface area (Å²) in [5.74, 6) is 0.495. The molecule has 0 radical (unpaired) electrons. The number of nitrogen functional groups attached to an aromatic ring is 1. The Morgan fingerprint density at radius 2 is 1.70 bits per heavy atom. The van der Waals surface area contributed by atoms with E-state index in [1.165, 1.54) is 11.1 Å². The van der Waals surface area contributed by atoms with Gasteiger partial charge in [-0.05, 0) is 80.4 Å². The fourth-order valence-corrected chi connectivity index (χ4v) is 3.99. The van der Waals surface area contributed by atoms with E-state index in [1.807, 2.05) is 12.1 Å². The Morgan fingerprint density at radius 1 is 1.00 bits per heavy atom. The molecule has 1 heterocycles. The van der Waals surface area contributed by atoms with Gasteiger partial charge in [-0.15, -0.1) is 0 Å². The molecule has 172 valence electrons. The minimum atomic E-state index is 0.495. The first kappa shape index (κ1) is 24.3. The number of aromatic nitrogens is 1. The second kappa shape index (κ2) is 11.0. The quantitative estimate of drug-likeness (QED) is 0.393. The van der Waals surface area contributed by atoms with Crippen molar-refractivity contribution in [3.05, 3.63) is 95.6 Å². The SMILES string of the molecule is C=C(NCCCN(C)C)c1ccc(C(=C)c2ccc(-c3cccc(CC)c3C)nc2N)cc1. The average Bonchev–Trinajstić information content (AvgIpc) is 2.81. The largest absolute Gasteiger partial charge is 0.385 e. The number of aryl methyl sites for hydroxylation is 1. The van der Waals surface area contributed by atoms with Gasteiger partial charge in [0.2, 0.25) is 0 Å². The summed E-state index contributed by atoms with van der Waals surface area (Å²) in [7, 11) is 4.17. The Bertz CT molecular complexity index is 1130. The normalized spacial score (nSPS) is 10.9. The first-order valence-electron chi connectivity index (χ1n) is 11.5. The summed E-state index contributed by atoms with van der Waals surface area (Å²) >= 11 is 0. The molecule has 0 aliphatic rings. The predicted molar refractivity (Wildman–Crippen MR) is 143 cm³/mol. The van der Waals surface area contributed by atoms with Gasteiger partial charge in [0, 0.05) is 23.4 Å². The van der Waals surface area contributed by atoms with Gasteiger partial charge in [-0.25, -0.2) is 4.98 Å². The highest BCUT2D eigenvalue weighted by Crippen LogP contribution is 2.30. The van der Waals surface area contributed by atoms with Crippen molar-refractivity contribution in [3.8, 4) is 11.3 Å². The Kier molecular flexibility index (Phi) is 8.07. The summed E-state index contributed by atoms with van der Waals surface area (Å²) in [6.07, 6.45) is 2.07. The van der Waals surface area contributed by atoms with Crippen LogP contribution in [0.15, 0.2) is 67.8 Å². The van der Waals surface area contributed by atoms with Gasteiger partial charge < -0.3 is 16.0 Å². The standard InChI is InChI=1S/C29H36N4/c1-7-23-10-8-11-26(20(23)2)28-17-16-27(29(30)32-28)21(3)24-12-14-25(15-13-24)22(4)31-18-9-19-33(5)6/h8,10-17,31H,3-4,7,9,18-19H2,1-2,5-6H3,(H2,30,32). The molecule has 0 aliphatic heterocycles. The lowest BCUT2D eigenvalue weighted by molar-refractivity contribution is 0.399. The van der Waals surface area contributed by atoms with Crippen molar-refractivity contribution in [2.75, 3.05) is 32.9 Å². The van der Waals surface area contributed by atoms with Gasteiger partial charge in [0.1, 0.15) is 5.82 Å². The topological polar surface area (TPSA) is 54.2 Å². The molecule has 0 aliphatic carbocycles. The molecule has 3 aromatic rings. The van der Waals surface area contributed by atoms with E-state index in [0.29, 0.717) is 5.82 Å². The van der Waals surface area contributed by atoms with Crippen LogP contribution < -0.4 is 11.1 Å². The van der Waals surface area contributed by atoms with Crippen molar-refractivity contribution in [2.45, 2.75) is 26.7 Å². The maximum Gasteiger partial charge on any atom is 0.131 e. The van der Waals surface area contributed by atoms with Crippen molar-refractivity contribution in [2.24, 2.45) is 0 Å². The van der Waals surface area contributed by atoms with Gasteiger partial charge in [0.25, 0.3) is 0 Å². The van der Waals surface area contributed by atoms with Crippen LogP contribution in [-0.4, -0.2) is 37.1 Å². The summed E-state index contributed by atoms with van der Waals surface area (Å²) in [5, 5.41) is 3.40. The second-order valence-corrected chi connectivity index (χ2v) is 8.69. The maximum absolute atomic E-state index is 6.39. The summed E-state index contributed by atoms with van der Waals surface area (Å²) in [4.78, 5) is 6.90. The maximum atomic E-state index is 6.39. The minimum absolute atomic E-state index is 0.495. The van der Waals surface area contributed by atoms with Gasteiger partial charge in [0.15, 0.2) is 0 Å². The van der Waals surface area contributed by atoms with Gasteiger partial charge in [-0.2, -0.15) is 0 Å². The third kappa shape index (κ3) is 5.91. The van der Waals surface area contributed by atoms with E-state index in [2.05, 4.69) is 93.8 Å². The van der Waals surface area contributed by atoms with Crippen LogP contribution in [0.3, 0.4) is 0 Å². The van der Waals surface area contributed by atoms with Crippen LogP contribution in [0, 0.1) is 6.92 Å². The van der Waals surface area contributed by atoms with Crippen molar-refractivity contribution in [3.63, 3.8) is 0 Å². The number of nitrogens with two attached hydrogens (primary N) is 1. The lowest BCUT2D eigenvalue weighted by Crippen LogP contribution is -2.20. The van der Waals surface area contributed by atoms with Crippen LogP contribution in [0.5, 0.6) is 0 Å². The Morgan fingerprint density at radius 3 is 2.33 bits per heavy atom. The molecular weight excluding hydrogens is 404 g/mol. The highest BCUT2D eigenvalue weighted by Gasteiger charge is 2.12. The Labute approximate surface area is 198 Å². The van der Waals surface area contributed by atoms with E-state index < -0.39 is 0 Å². The molecule has 0 saturated heterocycles. The first-order valence-corrected chi connectivity index (χ1v) is 11.5. The van der Waals surface area contributed by atoms with Gasteiger partial charge >= 0.3 is 0 Å². The molecule has 2 aromatic carbocycles. The zero-order valence-electron chi connectivity index (χ0n) is 20.4. The number of hydrogen-bond acceptors (Lipinski definition) is 4. The van der Waals surface area contributed by atoms with E-state index in [4.69, 9.17) is 10.7 Å². The lowest BCUT2D eigenvalue weighted by atomic mass is 9.95. The van der Waals surface area contributed by atoms with E-state index >= 15 is 0 Å². The van der Waals surface area contributed by atoms with Crippen LogP contribution in [0.1, 0.15) is 41.2 Å². The zero-order chi connectivity index (χ0) is 24.0. The molecule has 3 rings (SSSR count). The molecule has 0 atom stereocenters. The summed E-state index contributed by atoms with van der Waals surface area (Å²) in [6, 6.07) is 18.7. The lowest BCUT2D eigenvalue weighted by Gasteiger charge is -2.14. The Hall–Kier alpha value is -3.37. The molecule has 4 nitrogen and oxygen atoms in total.